The van der Waals surface area contributed by atoms with Crippen LogP contribution < -0.4 is 0 Å². The predicted octanol–water partition coefficient (Wildman–Crippen LogP) is 3.55. The first-order valence-corrected chi connectivity index (χ1v) is 7.94. The van der Waals surface area contributed by atoms with Gasteiger partial charge in [-0.15, -0.1) is 0 Å². The highest BCUT2D eigenvalue weighted by atomic mass is 32.2. The normalized spacial score (nSPS) is 15.9. The fourth-order valence-corrected chi connectivity index (χ4v) is 4.30. The van der Waals surface area contributed by atoms with E-state index in [4.69, 9.17) is 0 Å². The second-order valence-corrected chi connectivity index (χ2v) is 7.20. The molecule has 0 amide bonds. The first kappa shape index (κ1) is 12.4. The topological polar surface area (TPSA) is 34.1 Å². The molecule has 2 aromatic carbocycles. The van der Waals surface area contributed by atoms with Gasteiger partial charge in [-0.1, -0.05) is 44.2 Å². The standard InChI is InChI=1S/C16H16O2S/c1-11(2)12-7-8-16-14(9-12)10-13-5-3-4-6-15(13)19(16,17)18/h3-9,11H,10H2,1-2H3. The van der Waals surface area contributed by atoms with Crippen molar-refractivity contribution in [2.75, 3.05) is 0 Å². The van der Waals surface area contributed by atoms with Crippen molar-refractivity contribution in [1.82, 2.24) is 0 Å². The third-order valence-electron chi connectivity index (χ3n) is 3.68. The Kier molecular flexibility index (Phi) is 2.75. The van der Waals surface area contributed by atoms with E-state index in [-0.39, 0.29) is 0 Å². The van der Waals surface area contributed by atoms with Crippen LogP contribution in [-0.4, -0.2) is 8.42 Å². The molecular weight excluding hydrogens is 256 g/mol. The zero-order chi connectivity index (χ0) is 13.6. The molecule has 0 unspecified atom stereocenters. The molecule has 0 aliphatic carbocycles. The number of fused-ring (bicyclic) bond motifs is 2. The van der Waals surface area contributed by atoms with Crippen LogP contribution in [0, 0.1) is 0 Å². The van der Waals surface area contributed by atoms with E-state index in [1.54, 1.807) is 18.2 Å². The van der Waals surface area contributed by atoms with Gasteiger partial charge in [0.1, 0.15) is 0 Å². The van der Waals surface area contributed by atoms with Gasteiger partial charge in [-0.05, 0) is 34.7 Å². The number of rotatable bonds is 1. The van der Waals surface area contributed by atoms with E-state index < -0.39 is 9.84 Å². The van der Waals surface area contributed by atoms with Gasteiger partial charge in [0.2, 0.25) is 9.84 Å². The Bertz CT molecular complexity index is 743. The molecule has 0 fully saturated rings. The zero-order valence-corrected chi connectivity index (χ0v) is 11.9. The first-order chi connectivity index (χ1) is 9.00. The second kappa shape index (κ2) is 4.20. The van der Waals surface area contributed by atoms with Crippen LogP contribution in [0.25, 0.3) is 0 Å². The van der Waals surface area contributed by atoms with Crippen molar-refractivity contribution in [2.24, 2.45) is 0 Å². The minimum absolute atomic E-state index is 0.408. The molecule has 19 heavy (non-hydrogen) atoms. The van der Waals surface area contributed by atoms with Crippen LogP contribution in [0.15, 0.2) is 52.3 Å². The summed E-state index contributed by atoms with van der Waals surface area (Å²) in [5.74, 6) is 0.408. The molecule has 1 aliphatic rings. The summed E-state index contributed by atoms with van der Waals surface area (Å²) >= 11 is 0. The second-order valence-electron chi connectivity index (χ2n) is 5.31. The van der Waals surface area contributed by atoms with Crippen molar-refractivity contribution in [3.63, 3.8) is 0 Å². The molecule has 0 spiro atoms. The molecule has 2 nitrogen and oxygen atoms in total. The Labute approximate surface area is 114 Å². The van der Waals surface area contributed by atoms with Crippen molar-refractivity contribution in [3.8, 4) is 0 Å². The van der Waals surface area contributed by atoms with Gasteiger partial charge in [-0.25, -0.2) is 8.42 Å². The van der Waals surface area contributed by atoms with Crippen molar-refractivity contribution < 1.29 is 8.42 Å². The summed E-state index contributed by atoms with van der Waals surface area (Å²) in [6, 6.07) is 13.0. The van der Waals surface area contributed by atoms with Crippen LogP contribution in [-0.2, 0) is 16.3 Å². The molecule has 98 valence electrons. The van der Waals surface area contributed by atoms with Gasteiger partial charge in [0, 0.05) is 6.42 Å². The third kappa shape index (κ3) is 1.89. The molecule has 0 N–H and O–H groups in total. The fourth-order valence-electron chi connectivity index (χ4n) is 2.59. The lowest BCUT2D eigenvalue weighted by atomic mass is 9.97. The number of benzene rings is 2. The molecule has 3 rings (SSSR count). The summed E-state index contributed by atoms with van der Waals surface area (Å²) in [5.41, 5.74) is 3.01. The zero-order valence-electron chi connectivity index (χ0n) is 11.1. The third-order valence-corrected chi connectivity index (χ3v) is 5.64. The average Bonchev–Trinajstić information content (AvgIpc) is 2.38. The van der Waals surface area contributed by atoms with Crippen LogP contribution in [0.2, 0.25) is 0 Å². The maximum atomic E-state index is 12.6. The highest BCUT2D eigenvalue weighted by molar-refractivity contribution is 7.91. The molecule has 0 aromatic heterocycles. The largest absolute Gasteiger partial charge is 0.218 e. The highest BCUT2D eigenvalue weighted by Crippen LogP contribution is 2.35. The summed E-state index contributed by atoms with van der Waals surface area (Å²) in [6.07, 6.45) is 0.700. The molecule has 3 heteroatoms. The van der Waals surface area contributed by atoms with Crippen molar-refractivity contribution in [1.29, 1.82) is 0 Å². The first-order valence-electron chi connectivity index (χ1n) is 6.46. The maximum absolute atomic E-state index is 12.6. The number of hydrogen-bond donors (Lipinski definition) is 0. The molecule has 0 bridgehead atoms. The fraction of sp³-hybridized carbons (Fsp3) is 0.250. The summed E-state index contributed by atoms with van der Waals surface area (Å²) < 4.78 is 25.2. The van der Waals surface area contributed by atoms with Gasteiger partial charge < -0.3 is 0 Å². The molecular formula is C16H16O2S. The summed E-state index contributed by atoms with van der Waals surface area (Å²) in [7, 11) is -3.34. The Morgan fingerprint density at radius 1 is 0.947 bits per heavy atom. The van der Waals surface area contributed by atoms with E-state index in [9.17, 15) is 8.42 Å². The SMILES string of the molecule is CC(C)c1ccc2c(c1)Cc1ccccc1S2(=O)=O. The van der Waals surface area contributed by atoms with Gasteiger partial charge in [-0.2, -0.15) is 0 Å². The molecule has 2 aromatic rings. The maximum Gasteiger partial charge on any atom is 0.207 e. The van der Waals surface area contributed by atoms with Crippen LogP contribution in [0.1, 0.15) is 36.5 Å². The van der Waals surface area contributed by atoms with Crippen molar-refractivity contribution in [2.45, 2.75) is 36.0 Å². The van der Waals surface area contributed by atoms with Crippen LogP contribution in [0.5, 0.6) is 0 Å². The quantitative estimate of drug-likeness (QED) is 0.679. The molecule has 1 aliphatic heterocycles. The summed E-state index contributed by atoms with van der Waals surface area (Å²) in [6.45, 7) is 4.24. The van der Waals surface area contributed by atoms with Crippen LogP contribution >= 0.6 is 0 Å². The summed E-state index contributed by atoms with van der Waals surface area (Å²) in [5, 5.41) is 0. The molecule has 0 saturated heterocycles. The minimum Gasteiger partial charge on any atom is -0.218 e. The van der Waals surface area contributed by atoms with Gasteiger partial charge in [0.15, 0.2) is 0 Å². The average molecular weight is 272 g/mol. The Balaban J connectivity index is 2.25. The van der Waals surface area contributed by atoms with Gasteiger partial charge >= 0.3 is 0 Å². The van der Waals surface area contributed by atoms with E-state index in [1.165, 1.54) is 5.56 Å². The predicted molar refractivity (Wildman–Crippen MR) is 75.2 cm³/mol. The monoisotopic (exact) mass is 272 g/mol. The van der Waals surface area contributed by atoms with Crippen molar-refractivity contribution in [3.05, 3.63) is 59.2 Å². The Hall–Kier alpha value is -1.61. The van der Waals surface area contributed by atoms with E-state index in [1.807, 2.05) is 24.3 Å². The molecule has 0 saturated carbocycles. The molecule has 0 atom stereocenters. The van der Waals surface area contributed by atoms with Gasteiger partial charge in [0.25, 0.3) is 0 Å². The summed E-state index contributed by atoms with van der Waals surface area (Å²) in [4.78, 5) is 0.926. The minimum atomic E-state index is -3.34. The Morgan fingerprint density at radius 3 is 2.37 bits per heavy atom. The van der Waals surface area contributed by atoms with Crippen LogP contribution in [0.3, 0.4) is 0 Å². The Morgan fingerprint density at radius 2 is 1.63 bits per heavy atom. The lowest BCUT2D eigenvalue weighted by molar-refractivity contribution is 0.591. The van der Waals surface area contributed by atoms with Crippen molar-refractivity contribution >= 4 is 9.84 Å². The van der Waals surface area contributed by atoms with E-state index in [0.717, 1.165) is 11.1 Å². The molecule has 1 heterocycles. The van der Waals surface area contributed by atoms with Crippen LogP contribution in [0.4, 0.5) is 0 Å². The number of sulfone groups is 1. The highest BCUT2D eigenvalue weighted by Gasteiger charge is 2.29. The molecule has 0 radical (unpaired) electrons. The van der Waals surface area contributed by atoms with E-state index >= 15 is 0 Å². The lowest BCUT2D eigenvalue weighted by Crippen LogP contribution is -2.14. The van der Waals surface area contributed by atoms with Gasteiger partial charge in [-0.3, -0.25) is 0 Å². The van der Waals surface area contributed by atoms with E-state index in [2.05, 4.69) is 13.8 Å². The van der Waals surface area contributed by atoms with E-state index in [0.29, 0.717) is 22.1 Å². The van der Waals surface area contributed by atoms with Gasteiger partial charge in [0.05, 0.1) is 9.79 Å². The number of hydrogen-bond acceptors (Lipinski definition) is 2. The smallest absolute Gasteiger partial charge is 0.207 e. The lowest BCUT2D eigenvalue weighted by Gasteiger charge is -2.21.